The van der Waals surface area contributed by atoms with Gasteiger partial charge in [-0.3, -0.25) is 0 Å². The second-order valence-electron chi connectivity index (χ2n) is 5.96. The lowest BCUT2D eigenvalue weighted by Crippen LogP contribution is -2.38. The Morgan fingerprint density at radius 2 is 1.89 bits per heavy atom. The van der Waals surface area contributed by atoms with Crippen molar-refractivity contribution in [3.63, 3.8) is 0 Å². The van der Waals surface area contributed by atoms with Gasteiger partial charge in [0.25, 0.3) is 0 Å². The van der Waals surface area contributed by atoms with E-state index in [9.17, 15) is 13.2 Å². The van der Waals surface area contributed by atoms with Crippen molar-refractivity contribution >= 4 is 60.5 Å². The van der Waals surface area contributed by atoms with Gasteiger partial charge in [-0.05, 0) is 28.3 Å². The fourth-order valence-corrected chi connectivity index (χ4v) is 7.74. The quantitative estimate of drug-likeness (QED) is 0.561. The van der Waals surface area contributed by atoms with Crippen LogP contribution in [0, 0.1) is 0 Å². The zero-order chi connectivity index (χ0) is 18.9. The number of nitrogens with zero attached hydrogens (tertiary/aromatic N) is 1. The molecule has 0 unspecified atom stereocenters. The third-order valence-electron chi connectivity index (χ3n) is 4.32. The minimum absolute atomic E-state index is 0.0552. The summed E-state index contributed by atoms with van der Waals surface area (Å²) in [5, 5.41) is 4.65. The molecular formula is C18H17NO4S4. The van der Waals surface area contributed by atoms with Gasteiger partial charge in [0.2, 0.25) is 10.0 Å². The van der Waals surface area contributed by atoms with Crippen LogP contribution < -0.4 is 0 Å². The summed E-state index contributed by atoms with van der Waals surface area (Å²) >= 11 is 4.44. The second kappa shape index (κ2) is 7.92. The Bertz CT molecular complexity index is 1060. The van der Waals surface area contributed by atoms with Crippen LogP contribution in [-0.2, 0) is 21.4 Å². The summed E-state index contributed by atoms with van der Waals surface area (Å²) in [6, 6.07) is 9.42. The molecule has 1 aliphatic rings. The first-order chi connectivity index (χ1) is 13.1. The molecule has 0 spiro atoms. The molecule has 3 aromatic rings. The molecule has 142 valence electrons. The Morgan fingerprint density at radius 1 is 1.11 bits per heavy atom. The number of sulfonamides is 1. The summed E-state index contributed by atoms with van der Waals surface area (Å²) in [6.07, 6.45) is 0. The van der Waals surface area contributed by atoms with Crippen molar-refractivity contribution in [3.8, 4) is 0 Å². The molecule has 4 rings (SSSR count). The molecule has 2 aromatic heterocycles. The predicted molar refractivity (Wildman–Crippen MR) is 111 cm³/mol. The van der Waals surface area contributed by atoms with Gasteiger partial charge in [0.05, 0.1) is 0 Å². The van der Waals surface area contributed by atoms with Crippen molar-refractivity contribution in [1.29, 1.82) is 0 Å². The van der Waals surface area contributed by atoms with Crippen LogP contribution in [0.4, 0.5) is 0 Å². The van der Waals surface area contributed by atoms with E-state index < -0.39 is 16.0 Å². The molecule has 0 N–H and O–H groups in total. The second-order valence-corrected chi connectivity index (χ2v) is 10.9. The smallest absolute Gasteiger partial charge is 0.350 e. The number of esters is 1. The Kier molecular flexibility index (Phi) is 5.56. The lowest BCUT2D eigenvalue weighted by atomic mass is 10.2. The molecule has 1 aromatic carbocycles. The summed E-state index contributed by atoms with van der Waals surface area (Å²) in [6.45, 7) is 1.07. The van der Waals surface area contributed by atoms with E-state index in [4.69, 9.17) is 4.74 Å². The minimum atomic E-state index is -3.67. The molecule has 0 aliphatic carbocycles. The largest absolute Gasteiger partial charge is 0.457 e. The SMILES string of the molecule is O=C(OCc1csc2ccccc12)c1sccc1S(=O)(=O)N1CCSCC1. The molecule has 0 saturated carbocycles. The molecule has 1 fully saturated rings. The van der Waals surface area contributed by atoms with Crippen LogP contribution in [0.15, 0.2) is 46.0 Å². The van der Waals surface area contributed by atoms with E-state index in [1.165, 1.54) is 10.4 Å². The Hall–Kier alpha value is -1.39. The number of fused-ring (bicyclic) bond motifs is 1. The minimum Gasteiger partial charge on any atom is -0.457 e. The van der Waals surface area contributed by atoms with Gasteiger partial charge in [0.1, 0.15) is 16.4 Å². The number of carbonyl (C=O) groups excluding carboxylic acids is 1. The normalized spacial score (nSPS) is 15.9. The highest BCUT2D eigenvalue weighted by Crippen LogP contribution is 2.29. The van der Waals surface area contributed by atoms with Gasteiger partial charge in [-0.1, -0.05) is 18.2 Å². The molecule has 1 saturated heterocycles. The van der Waals surface area contributed by atoms with E-state index in [0.717, 1.165) is 38.5 Å². The van der Waals surface area contributed by atoms with Gasteiger partial charge >= 0.3 is 5.97 Å². The number of carbonyl (C=O) groups is 1. The van der Waals surface area contributed by atoms with Crippen molar-refractivity contribution < 1.29 is 17.9 Å². The van der Waals surface area contributed by atoms with Crippen LogP contribution in [0.25, 0.3) is 10.1 Å². The fourth-order valence-electron chi connectivity index (χ4n) is 2.93. The fraction of sp³-hybridized carbons (Fsp3) is 0.278. The molecule has 3 heterocycles. The maximum absolute atomic E-state index is 12.9. The van der Waals surface area contributed by atoms with Gasteiger partial charge in [0.15, 0.2) is 0 Å². The van der Waals surface area contributed by atoms with E-state index >= 15 is 0 Å². The Morgan fingerprint density at radius 3 is 2.70 bits per heavy atom. The lowest BCUT2D eigenvalue weighted by Gasteiger charge is -2.25. The topological polar surface area (TPSA) is 63.7 Å². The van der Waals surface area contributed by atoms with Gasteiger partial charge < -0.3 is 4.74 Å². The first-order valence-corrected chi connectivity index (χ1v) is 12.7. The van der Waals surface area contributed by atoms with Crippen molar-refractivity contribution in [2.24, 2.45) is 0 Å². The first kappa shape index (κ1) is 18.9. The molecule has 0 atom stereocenters. The van der Waals surface area contributed by atoms with Crippen LogP contribution in [0.2, 0.25) is 0 Å². The highest BCUT2D eigenvalue weighted by atomic mass is 32.2. The zero-order valence-electron chi connectivity index (χ0n) is 14.3. The third-order valence-corrected chi connectivity index (χ3v) is 9.24. The van der Waals surface area contributed by atoms with Gasteiger partial charge in [0, 0.05) is 34.9 Å². The summed E-state index contributed by atoms with van der Waals surface area (Å²) in [7, 11) is -3.67. The molecule has 0 bridgehead atoms. The Balaban J connectivity index is 1.52. The van der Waals surface area contributed by atoms with Crippen molar-refractivity contribution in [2.75, 3.05) is 24.6 Å². The number of hydrogen-bond donors (Lipinski definition) is 0. The van der Waals surface area contributed by atoms with Gasteiger partial charge in [-0.15, -0.1) is 22.7 Å². The van der Waals surface area contributed by atoms with Crippen LogP contribution in [0.5, 0.6) is 0 Å². The maximum atomic E-state index is 12.9. The van der Waals surface area contributed by atoms with Crippen LogP contribution in [0.3, 0.4) is 0 Å². The zero-order valence-corrected chi connectivity index (χ0v) is 17.6. The van der Waals surface area contributed by atoms with E-state index in [1.807, 2.05) is 29.6 Å². The standard InChI is InChI=1S/C18H17NO4S4/c20-18(23-11-13-12-26-15-4-2-1-3-14(13)15)17-16(5-8-25-17)27(21,22)19-6-9-24-10-7-19/h1-5,8,12H,6-7,9-11H2. The van der Waals surface area contributed by atoms with Crippen molar-refractivity contribution in [2.45, 2.75) is 11.5 Å². The molecule has 9 heteroatoms. The summed E-state index contributed by atoms with van der Waals surface area (Å²) < 4.78 is 33.8. The number of rotatable bonds is 5. The van der Waals surface area contributed by atoms with Crippen LogP contribution >= 0.6 is 34.4 Å². The molecule has 1 aliphatic heterocycles. The molecule has 0 amide bonds. The molecule has 27 heavy (non-hydrogen) atoms. The van der Waals surface area contributed by atoms with Gasteiger partial charge in [-0.25, -0.2) is 13.2 Å². The highest BCUT2D eigenvalue weighted by Gasteiger charge is 2.31. The molecular weight excluding hydrogens is 422 g/mol. The number of thiophene rings is 2. The molecule has 5 nitrogen and oxygen atoms in total. The first-order valence-electron chi connectivity index (χ1n) is 8.35. The number of thioether (sulfide) groups is 1. The number of benzene rings is 1. The number of ether oxygens (including phenoxy) is 1. The molecule has 0 radical (unpaired) electrons. The van der Waals surface area contributed by atoms with Crippen LogP contribution in [0.1, 0.15) is 15.2 Å². The maximum Gasteiger partial charge on any atom is 0.350 e. The number of hydrogen-bond acceptors (Lipinski definition) is 7. The third kappa shape index (κ3) is 3.79. The average Bonchev–Trinajstić information content (AvgIpc) is 3.34. The Labute approximate surface area is 170 Å². The average molecular weight is 440 g/mol. The van der Waals surface area contributed by atoms with Crippen LogP contribution in [-0.4, -0.2) is 43.3 Å². The summed E-state index contributed by atoms with van der Waals surface area (Å²) in [5.74, 6) is 0.952. The monoisotopic (exact) mass is 439 g/mol. The predicted octanol–water partition coefficient (Wildman–Crippen LogP) is 4.06. The van der Waals surface area contributed by atoms with E-state index in [1.54, 1.807) is 28.5 Å². The lowest BCUT2D eigenvalue weighted by molar-refractivity contribution is 0.0476. The van der Waals surface area contributed by atoms with E-state index in [2.05, 4.69) is 0 Å². The van der Waals surface area contributed by atoms with Gasteiger partial charge in [-0.2, -0.15) is 16.1 Å². The van der Waals surface area contributed by atoms with E-state index in [-0.39, 0.29) is 16.4 Å². The highest BCUT2D eigenvalue weighted by molar-refractivity contribution is 7.99. The van der Waals surface area contributed by atoms with Crippen molar-refractivity contribution in [1.82, 2.24) is 4.31 Å². The van der Waals surface area contributed by atoms with Crippen molar-refractivity contribution in [3.05, 3.63) is 51.5 Å². The summed E-state index contributed by atoms with van der Waals surface area (Å²) in [4.78, 5) is 12.8. The van der Waals surface area contributed by atoms with E-state index in [0.29, 0.717) is 13.1 Å². The summed E-state index contributed by atoms with van der Waals surface area (Å²) in [5.41, 5.74) is 0.929.